The van der Waals surface area contributed by atoms with Gasteiger partial charge < -0.3 is 10.1 Å². The lowest BCUT2D eigenvalue weighted by molar-refractivity contribution is -0.120. The van der Waals surface area contributed by atoms with Gasteiger partial charge in [-0.15, -0.1) is 11.8 Å². The van der Waals surface area contributed by atoms with Gasteiger partial charge in [-0.2, -0.15) is 5.26 Å². The Balaban J connectivity index is 1.67. The Bertz CT molecular complexity index is 886. The molecule has 3 rings (SSSR count). The van der Waals surface area contributed by atoms with E-state index in [-0.39, 0.29) is 24.1 Å². The smallest absolute Gasteiger partial charge is 0.225 e. The summed E-state index contributed by atoms with van der Waals surface area (Å²) in [7, 11) is 0. The first-order valence-electron chi connectivity index (χ1n) is 8.58. The van der Waals surface area contributed by atoms with Crippen molar-refractivity contribution in [2.45, 2.75) is 19.3 Å². The first-order chi connectivity index (χ1) is 13.1. The minimum Gasteiger partial charge on any atom is -0.493 e. The van der Waals surface area contributed by atoms with Crippen LogP contribution in [0.25, 0.3) is 0 Å². The fourth-order valence-corrected chi connectivity index (χ4v) is 3.75. The Kier molecular flexibility index (Phi) is 6.15. The monoisotopic (exact) mass is 382 g/mol. The van der Waals surface area contributed by atoms with Gasteiger partial charge in [-0.3, -0.25) is 4.79 Å². The zero-order valence-corrected chi connectivity index (χ0v) is 15.7. The van der Waals surface area contributed by atoms with Crippen molar-refractivity contribution >= 4 is 17.7 Å². The molecule has 2 aromatic rings. The fraction of sp³-hybridized carbons (Fsp3) is 0.238. The molecular formula is C21H19FN2O2S. The van der Waals surface area contributed by atoms with E-state index >= 15 is 0 Å². The molecule has 27 heavy (non-hydrogen) atoms. The van der Waals surface area contributed by atoms with Gasteiger partial charge in [0.05, 0.1) is 23.3 Å². The number of benzene rings is 2. The molecule has 0 unspecified atom stereocenters. The molecular weight excluding hydrogens is 363 g/mol. The lowest BCUT2D eigenvalue weighted by Gasteiger charge is -2.25. The molecule has 0 spiro atoms. The molecule has 0 saturated carbocycles. The second kappa shape index (κ2) is 8.74. The Hall–Kier alpha value is -2.78. The molecule has 0 aromatic heterocycles. The predicted octanol–water partition coefficient (Wildman–Crippen LogP) is 4.29. The average Bonchev–Trinajstić information content (AvgIpc) is 2.67. The van der Waals surface area contributed by atoms with E-state index in [1.807, 2.05) is 31.2 Å². The third-order valence-corrected chi connectivity index (χ3v) is 5.23. The zero-order chi connectivity index (χ0) is 19.2. The molecule has 1 atom stereocenters. The van der Waals surface area contributed by atoms with E-state index in [9.17, 15) is 14.4 Å². The molecule has 0 aliphatic carbocycles. The number of ether oxygens (including phenoxy) is 1. The van der Waals surface area contributed by atoms with Crippen LogP contribution in [-0.4, -0.2) is 18.3 Å². The topological polar surface area (TPSA) is 62.1 Å². The van der Waals surface area contributed by atoms with Crippen LogP contribution in [0.3, 0.4) is 0 Å². The number of nitriles is 1. The number of amides is 1. The van der Waals surface area contributed by atoms with E-state index in [0.717, 1.165) is 16.9 Å². The van der Waals surface area contributed by atoms with Crippen LogP contribution in [0.4, 0.5) is 4.39 Å². The van der Waals surface area contributed by atoms with Crippen LogP contribution in [0.5, 0.6) is 5.75 Å². The maximum atomic E-state index is 13.2. The van der Waals surface area contributed by atoms with Crippen molar-refractivity contribution in [2.75, 3.05) is 12.4 Å². The van der Waals surface area contributed by atoms with Crippen LogP contribution in [0.1, 0.15) is 23.5 Å². The van der Waals surface area contributed by atoms with Gasteiger partial charge in [0.1, 0.15) is 11.6 Å². The van der Waals surface area contributed by atoms with E-state index in [1.54, 1.807) is 12.1 Å². The number of hydrogen-bond acceptors (Lipinski definition) is 4. The van der Waals surface area contributed by atoms with Gasteiger partial charge in [-0.1, -0.05) is 29.8 Å². The highest BCUT2D eigenvalue weighted by atomic mass is 32.2. The molecule has 1 amide bonds. The maximum absolute atomic E-state index is 13.2. The van der Waals surface area contributed by atoms with E-state index in [0.29, 0.717) is 23.0 Å². The normalized spacial score (nSPS) is 16.6. The number of thioether (sulfide) groups is 1. The van der Waals surface area contributed by atoms with Crippen molar-refractivity contribution in [1.82, 2.24) is 5.32 Å². The number of hydrogen-bond donors (Lipinski definition) is 1. The van der Waals surface area contributed by atoms with Crippen molar-refractivity contribution < 1.29 is 13.9 Å². The highest BCUT2D eigenvalue weighted by Crippen LogP contribution is 2.35. The Morgan fingerprint density at radius 3 is 2.59 bits per heavy atom. The van der Waals surface area contributed by atoms with E-state index < -0.39 is 0 Å². The molecule has 0 saturated heterocycles. The van der Waals surface area contributed by atoms with Crippen LogP contribution in [-0.2, 0) is 4.79 Å². The summed E-state index contributed by atoms with van der Waals surface area (Å²) in [6, 6.07) is 15.9. The number of nitrogens with one attached hydrogen (secondary N) is 1. The third kappa shape index (κ3) is 4.89. The fourth-order valence-electron chi connectivity index (χ4n) is 2.85. The summed E-state index contributed by atoms with van der Waals surface area (Å²) in [4.78, 5) is 12.1. The summed E-state index contributed by atoms with van der Waals surface area (Å²) in [5.74, 6) is 0.525. The molecule has 0 bridgehead atoms. The molecule has 6 heteroatoms. The molecule has 0 radical (unpaired) electrons. The van der Waals surface area contributed by atoms with E-state index in [1.165, 1.54) is 23.9 Å². The third-order valence-electron chi connectivity index (χ3n) is 4.25. The van der Waals surface area contributed by atoms with Crippen molar-refractivity contribution in [3.05, 3.63) is 76.1 Å². The maximum Gasteiger partial charge on any atom is 0.225 e. The molecule has 2 aromatic carbocycles. The average molecular weight is 382 g/mol. The number of nitrogens with zero attached hydrogens (tertiary/aromatic N) is 1. The van der Waals surface area contributed by atoms with Gasteiger partial charge in [0.25, 0.3) is 0 Å². The predicted molar refractivity (Wildman–Crippen MR) is 104 cm³/mol. The van der Waals surface area contributed by atoms with Gasteiger partial charge in [0, 0.05) is 18.1 Å². The van der Waals surface area contributed by atoms with Gasteiger partial charge >= 0.3 is 0 Å². The zero-order valence-electron chi connectivity index (χ0n) is 14.9. The largest absolute Gasteiger partial charge is 0.493 e. The van der Waals surface area contributed by atoms with Crippen LogP contribution in [0.15, 0.2) is 59.1 Å². The number of aryl methyl sites for hydroxylation is 1. The first-order valence-corrected chi connectivity index (χ1v) is 9.57. The minimum absolute atomic E-state index is 0.148. The Morgan fingerprint density at radius 1 is 1.22 bits per heavy atom. The van der Waals surface area contributed by atoms with Gasteiger partial charge in [0.15, 0.2) is 0 Å². The van der Waals surface area contributed by atoms with Gasteiger partial charge in [-0.05, 0) is 36.8 Å². The molecule has 1 heterocycles. The molecule has 4 nitrogen and oxygen atoms in total. The summed E-state index contributed by atoms with van der Waals surface area (Å²) in [5.41, 5.74) is 2.43. The quantitative estimate of drug-likeness (QED) is 0.758. The molecule has 138 valence electrons. The van der Waals surface area contributed by atoms with Gasteiger partial charge in [0.2, 0.25) is 5.91 Å². The highest BCUT2D eigenvalue weighted by Gasteiger charge is 2.29. The van der Waals surface area contributed by atoms with Crippen LogP contribution < -0.4 is 10.1 Å². The molecule has 1 aliphatic rings. The summed E-state index contributed by atoms with van der Waals surface area (Å²) in [6.45, 7) is 2.46. The Morgan fingerprint density at radius 2 is 1.93 bits per heavy atom. The standard InChI is InChI=1S/C21H19FN2O2S/c1-14-2-8-17(9-3-14)26-10-11-27-21-19(13-23)18(12-20(25)24-21)15-4-6-16(22)7-5-15/h2-9,18H,10-12H2,1H3,(H,24,25)/t18-/m0/s1. The van der Waals surface area contributed by atoms with Crippen LogP contribution >= 0.6 is 11.8 Å². The van der Waals surface area contributed by atoms with E-state index in [2.05, 4.69) is 11.4 Å². The minimum atomic E-state index is -0.357. The summed E-state index contributed by atoms with van der Waals surface area (Å²) >= 11 is 1.38. The number of halogens is 1. The second-order valence-electron chi connectivity index (χ2n) is 6.22. The molecule has 0 fully saturated rings. The second-order valence-corrected chi connectivity index (χ2v) is 7.33. The van der Waals surface area contributed by atoms with Crippen LogP contribution in [0.2, 0.25) is 0 Å². The molecule has 1 aliphatic heterocycles. The van der Waals surface area contributed by atoms with Crippen molar-refractivity contribution in [1.29, 1.82) is 5.26 Å². The van der Waals surface area contributed by atoms with Crippen molar-refractivity contribution in [3.8, 4) is 11.8 Å². The SMILES string of the molecule is Cc1ccc(OCCSC2=C(C#N)[C@H](c3ccc(F)cc3)CC(=O)N2)cc1. The number of carbonyl (C=O) groups is 1. The summed E-state index contributed by atoms with van der Waals surface area (Å²) < 4.78 is 18.9. The van der Waals surface area contributed by atoms with Crippen LogP contribution in [0, 0.1) is 24.1 Å². The van der Waals surface area contributed by atoms with E-state index in [4.69, 9.17) is 4.74 Å². The lowest BCUT2D eigenvalue weighted by Crippen LogP contribution is -2.31. The van der Waals surface area contributed by atoms with Crippen molar-refractivity contribution in [2.24, 2.45) is 0 Å². The lowest BCUT2D eigenvalue weighted by atomic mass is 9.87. The Labute approximate surface area is 162 Å². The first kappa shape index (κ1) is 19.0. The number of rotatable bonds is 6. The van der Waals surface area contributed by atoms with Gasteiger partial charge in [-0.25, -0.2) is 4.39 Å². The highest BCUT2D eigenvalue weighted by molar-refractivity contribution is 8.03. The summed E-state index contributed by atoms with van der Waals surface area (Å²) in [6.07, 6.45) is 0.179. The summed E-state index contributed by atoms with van der Waals surface area (Å²) in [5, 5.41) is 13.0. The number of allylic oxidation sites excluding steroid dienone is 1. The van der Waals surface area contributed by atoms with Crippen molar-refractivity contribution in [3.63, 3.8) is 0 Å². The number of carbonyl (C=O) groups excluding carboxylic acids is 1. The molecule has 1 N–H and O–H groups in total.